The van der Waals surface area contributed by atoms with E-state index in [1.54, 1.807) is 0 Å². The number of aromatic nitrogens is 1. The Morgan fingerprint density at radius 2 is 2.05 bits per heavy atom. The van der Waals surface area contributed by atoms with Crippen LogP contribution in [-0.4, -0.2) is 28.1 Å². The fraction of sp³-hybridized carbons (Fsp3) is 0.471. The van der Waals surface area contributed by atoms with Gasteiger partial charge in [-0.15, -0.1) is 0 Å². The molecule has 0 aliphatic carbocycles. The minimum atomic E-state index is -0.196. The van der Waals surface area contributed by atoms with E-state index in [9.17, 15) is 9.90 Å². The van der Waals surface area contributed by atoms with Gasteiger partial charge in [-0.2, -0.15) is 0 Å². The van der Waals surface area contributed by atoms with Crippen molar-refractivity contribution in [1.29, 1.82) is 0 Å². The van der Waals surface area contributed by atoms with Crippen molar-refractivity contribution in [1.82, 2.24) is 9.88 Å². The number of nitrogens with zero attached hydrogens (tertiary/aromatic N) is 1. The third kappa shape index (κ3) is 3.45. The summed E-state index contributed by atoms with van der Waals surface area (Å²) in [6.07, 6.45) is 2.22. The Labute approximate surface area is 125 Å². The summed E-state index contributed by atoms with van der Waals surface area (Å²) in [7, 11) is 0. The number of aromatic amines is 1. The van der Waals surface area contributed by atoms with Crippen LogP contribution in [0, 0.1) is 6.92 Å². The number of pyridine rings is 1. The molecule has 2 aromatic rings. The molecule has 0 fully saturated rings. The average Bonchev–Trinajstić information content (AvgIpc) is 2.47. The quantitative estimate of drug-likeness (QED) is 0.858. The van der Waals surface area contributed by atoms with Gasteiger partial charge in [0.15, 0.2) is 0 Å². The monoisotopic (exact) mass is 288 g/mol. The number of nitrogens with one attached hydrogen (secondary N) is 1. The zero-order chi connectivity index (χ0) is 15.4. The zero-order valence-electron chi connectivity index (χ0n) is 13.1. The van der Waals surface area contributed by atoms with Crippen molar-refractivity contribution >= 4 is 10.9 Å². The Morgan fingerprint density at radius 1 is 1.29 bits per heavy atom. The molecule has 1 heterocycles. The van der Waals surface area contributed by atoms with E-state index < -0.39 is 0 Å². The number of unbranched alkanes of at least 4 members (excludes halogenated alkanes) is 1. The van der Waals surface area contributed by atoms with E-state index in [0.29, 0.717) is 17.6 Å². The molecule has 1 aromatic carbocycles. The normalized spacial score (nSPS) is 11.4. The lowest BCUT2D eigenvalue weighted by Crippen LogP contribution is -2.28. The highest BCUT2D eigenvalue weighted by atomic mass is 16.3. The number of rotatable bonds is 6. The molecule has 1 aromatic heterocycles. The third-order valence-electron chi connectivity index (χ3n) is 3.90. The van der Waals surface area contributed by atoms with Gasteiger partial charge in [0.1, 0.15) is 5.75 Å². The highest BCUT2D eigenvalue weighted by Crippen LogP contribution is 2.26. The molecule has 4 nitrogen and oxygen atoms in total. The first-order valence-corrected chi connectivity index (χ1v) is 7.63. The molecule has 0 amide bonds. The topological polar surface area (TPSA) is 56.3 Å². The molecule has 21 heavy (non-hydrogen) atoms. The number of H-pyrrole nitrogens is 1. The lowest BCUT2D eigenvalue weighted by atomic mass is 10.1. The Bertz CT molecular complexity index is 676. The maximum absolute atomic E-state index is 12.2. The molecule has 4 heteroatoms. The predicted octanol–water partition coefficient (Wildman–Crippen LogP) is 3.16. The highest BCUT2D eigenvalue weighted by Gasteiger charge is 2.14. The van der Waals surface area contributed by atoms with E-state index in [1.807, 2.05) is 25.1 Å². The molecular formula is C17H24N2O2. The van der Waals surface area contributed by atoms with Crippen LogP contribution in [0.15, 0.2) is 23.0 Å². The van der Waals surface area contributed by atoms with E-state index in [0.717, 1.165) is 36.9 Å². The summed E-state index contributed by atoms with van der Waals surface area (Å²) in [4.78, 5) is 17.3. The number of benzene rings is 1. The van der Waals surface area contributed by atoms with Gasteiger partial charge in [-0.3, -0.25) is 9.69 Å². The van der Waals surface area contributed by atoms with Crippen molar-refractivity contribution in [2.24, 2.45) is 0 Å². The van der Waals surface area contributed by atoms with Crippen molar-refractivity contribution in [3.63, 3.8) is 0 Å². The molecule has 0 spiro atoms. The number of fused-ring (bicyclic) bond motifs is 1. The van der Waals surface area contributed by atoms with Gasteiger partial charge in [0.05, 0.1) is 11.1 Å². The van der Waals surface area contributed by atoms with Gasteiger partial charge in [-0.05, 0) is 38.6 Å². The molecule has 0 atom stereocenters. The van der Waals surface area contributed by atoms with Crippen molar-refractivity contribution in [3.8, 4) is 5.75 Å². The van der Waals surface area contributed by atoms with E-state index >= 15 is 0 Å². The molecule has 0 aliphatic heterocycles. The summed E-state index contributed by atoms with van der Waals surface area (Å²) in [5, 5.41) is 11.2. The van der Waals surface area contributed by atoms with Gasteiger partial charge < -0.3 is 10.1 Å². The van der Waals surface area contributed by atoms with E-state index in [-0.39, 0.29) is 11.3 Å². The Hall–Kier alpha value is -1.81. The Kier molecular flexibility index (Phi) is 5.02. The van der Waals surface area contributed by atoms with Gasteiger partial charge in [-0.1, -0.05) is 31.9 Å². The van der Waals surface area contributed by atoms with Crippen LogP contribution in [0.25, 0.3) is 10.9 Å². The molecule has 114 valence electrons. The van der Waals surface area contributed by atoms with Gasteiger partial charge in [-0.25, -0.2) is 0 Å². The van der Waals surface area contributed by atoms with Gasteiger partial charge in [0.2, 0.25) is 0 Å². The Morgan fingerprint density at radius 3 is 2.71 bits per heavy atom. The van der Waals surface area contributed by atoms with Crippen LogP contribution in [0.5, 0.6) is 5.75 Å². The number of hydrogen-bond donors (Lipinski definition) is 2. The molecule has 2 rings (SSSR count). The largest absolute Gasteiger partial charge is 0.507 e. The van der Waals surface area contributed by atoms with Crippen molar-refractivity contribution in [2.45, 2.75) is 40.2 Å². The van der Waals surface area contributed by atoms with E-state index in [1.165, 1.54) is 0 Å². The van der Waals surface area contributed by atoms with Crippen molar-refractivity contribution in [2.75, 3.05) is 13.1 Å². The van der Waals surface area contributed by atoms with E-state index in [4.69, 9.17) is 0 Å². The van der Waals surface area contributed by atoms with Crippen LogP contribution in [0.2, 0.25) is 0 Å². The summed E-state index contributed by atoms with van der Waals surface area (Å²) in [5.74, 6) is 0.118. The first-order valence-electron chi connectivity index (χ1n) is 7.63. The third-order valence-corrected chi connectivity index (χ3v) is 3.90. The van der Waals surface area contributed by atoms with Crippen molar-refractivity contribution in [3.05, 3.63) is 39.7 Å². The lowest BCUT2D eigenvalue weighted by Gasteiger charge is -2.20. The predicted molar refractivity (Wildman–Crippen MR) is 86.8 cm³/mol. The molecule has 0 saturated heterocycles. The van der Waals surface area contributed by atoms with Crippen LogP contribution < -0.4 is 5.56 Å². The smallest absolute Gasteiger partial charge is 0.256 e. The van der Waals surface area contributed by atoms with Gasteiger partial charge in [0, 0.05) is 11.9 Å². The molecule has 2 N–H and O–H groups in total. The SMILES string of the molecule is CCCCN(CC)Cc1c(O)c2cc(C)ccc2[nH]c1=O. The van der Waals surface area contributed by atoms with Gasteiger partial charge >= 0.3 is 0 Å². The fourth-order valence-electron chi connectivity index (χ4n) is 2.53. The number of aromatic hydroxyl groups is 1. The standard InChI is InChI=1S/C17H24N2O2/c1-4-6-9-19(5-2)11-14-16(20)13-10-12(3)7-8-15(13)18-17(14)21/h7-8,10H,4-6,9,11H2,1-3H3,(H2,18,20,21). The maximum Gasteiger partial charge on any atom is 0.256 e. The first kappa shape index (κ1) is 15.6. The second kappa shape index (κ2) is 6.76. The fourth-order valence-corrected chi connectivity index (χ4v) is 2.53. The van der Waals surface area contributed by atoms with Crippen LogP contribution in [-0.2, 0) is 6.54 Å². The van der Waals surface area contributed by atoms with Crippen LogP contribution >= 0.6 is 0 Å². The minimum Gasteiger partial charge on any atom is -0.507 e. The van der Waals surface area contributed by atoms with Gasteiger partial charge in [0.25, 0.3) is 5.56 Å². The van der Waals surface area contributed by atoms with Crippen LogP contribution in [0.4, 0.5) is 0 Å². The average molecular weight is 288 g/mol. The summed E-state index contributed by atoms with van der Waals surface area (Å²) in [6.45, 7) is 8.50. The molecule has 0 radical (unpaired) electrons. The second-order valence-electron chi connectivity index (χ2n) is 5.55. The summed E-state index contributed by atoms with van der Waals surface area (Å²) >= 11 is 0. The molecular weight excluding hydrogens is 264 g/mol. The van der Waals surface area contributed by atoms with Crippen LogP contribution in [0.1, 0.15) is 37.8 Å². The minimum absolute atomic E-state index is 0.118. The van der Waals surface area contributed by atoms with E-state index in [2.05, 4.69) is 23.7 Å². The second-order valence-corrected chi connectivity index (χ2v) is 5.55. The molecule has 0 saturated carbocycles. The lowest BCUT2D eigenvalue weighted by molar-refractivity contribution is 0.270. The number of hydrogen-bond acceptors (Lipinski definition) is 3. The summed E-state index contributed by atoms with van der Waals surface area (Å²) in [5.41, 5.74) is 2.02. The summed E-state index contributed by atoms with van der Waals surface area (Å²) in [6, 6.07) is 5.67. The Balaban J connectivity index is 2.41. The maximum atomic E-state index is 12.2. The number of aryl methyl sites for hydroxylation is 1. The zero-order valence-corrected chi connectivity index (χ0v) is 13.1. The molecule has 0 unspecified atom stereocenters. The van der Waals surface area contributed by atoms with Crippen LogP contribution in [0.3, 0.4) is 0 Å². The summed E-state index contributed by atoms with van der Waals surface area (Å²) < 4.78 is 0. The molecule has 0 bridgehead atoms. The highest BCUT2D eigenvalue weighted by molar-refractivity contribution is 5.86. The molecule has 0 aliphatic rings. The van der Waals surface area contributed by atoms with Crippen molar-refractivity contribution < 1.29 is 5.11 Å². The first-order chi connectivity index (χ1) is 10.1.